The highest BCUT2D eigenvalue weighted by Crippen LogP contribution is 2.22. The lowest BCUT2D eigenvalue weighted by atomic mass is 10.1. The van der Waals surface area contributed by atoms with Crippen LogP contribution >= 0.6 is 0 Å². The summed E-state index contributed by atoms with van der Waals surface area (Å²) < 4.78 is 7.70. The molecule has 0 aliphatic heterocycles. The Morgan fingerprint density at radius 3 is 2.42 bits per heavy atom. The number of nitrogens with one attached hydrogen (secondary N) is 1. The topological polar surface area (TPSA) is 56.2 Å². The molecule has 0 aliphatic carbocycles. The third-order valence-corrected chi connectivity index (χ3v) is 4.08. The summed E-state index contributed by atoms with van der Waals surface area (Å²) in [5.74, 6) is 0.541. The number of carbonyl (C=O) groups is 1. The lowest BCUT2D eigenvalue weighted by Gasteiger charge is -2.19. The molecule has 0 spiro atoms. The van der Waals surface area contributed by atoms with Gasteiger partial charge in [-0.3, -0.25) is 4.79 Å². The molecule has 3 rings (SSSR count). The van der Waals surface area contributed by atoms with Gasteiger partial charge in [0.1, 0.15) is 5.75 Å². The zero-order valence-corrected chi connectivity index (χ0v) is 15.0. The molecule has 3 aromatic rings. The number of hydrogen-bond acceptors (Lipinski definition) is 3. The van der Waals surface area contributed by atoms with Crippen molar-refractivity contribution in [3.8, 4) is 16.9 Å². The van der Waals surface area contributed by atoms with Gasteiger partial charge in [-0.15, -0.1) is 0 Å². The summed E-state index contributed by atoms with van der Waals surface area (Å²) in [4.78, 5) is 16.3. The zero-order chi connectivity index (χ0) is 18.4. The molecule has 2 aromatic carbocycles. The zero-order valence-electron chi connectivity index (χ0n) is 15.0. The van der Waals surface area contributed by atoms with E-state index in [2.05, 4.69) is 22.4 Å². The fourth-order valence-corrected chi connectivity index (χ4v) is 2.73. The van der Waals surface area contributed by atoms with Crippen molar-refractivity contribution in [2.24, 2.45) is 0 Å². The van der Waals surface area contributed by atoms with Crippen molar-refractivity contribution in [3.05, 3.63) is 73.3 Å². The van der Waals surface area contributed by atoms with Gasteiger partial charge >= 0.3 is 0 Å². The third-order valence-electron chi connectivity index (χ3n) is 4.08. The molecule has 5 heteroatoms. The predicted molar refractivity (Wildman–Crippen MR) is 102 cm³/mol. The molecular weight excluding hydrogens is 326 g/mol. The number of amides is 1. The molecule has 1 N–H and O–H groups in total. The maximum atomic E-state index is 12.3. The number of benzene rings is 2. The van der Waals surface area contributed by atoms with Gasteiger partial charge in [0, 0.05) is 25.0 Å². The van der Waals surface area contributed by atoms with Crippen LogP contribution in [0.15, 0.2) is 73.3 Å². The van der Waals surface area contributed by atoms with Crippen LogP contribution in [0.25, 0.3) is 11.1 Å². The van der Waals surface area contributed by atoms with Gasteiger partial charge in [-0.25, -0.2) is 4.98 Å². The number of nitrogens with zero attached hydrogens (tertiary/aromatic N) is 2. The molecule has 0 saturated carbocycles. The molecule has 134 valence electrons. The first kappa shape index (κ1) is 17.7. The van der Waals surface area contributed by atoms with Crippen molar-refractivity contribution >= 4 is 5.91 Å². The van der Waals surface area contributed by atoms with Crippen LogP contribution in [-0.2, 0) is 11.3 Å². The number of carbonyl (C=O) groups excluding carboxylic acids is 1. The summed E-state index contributed by atoms with van der Waals surface area (Å²) in [5, 5.41) is 2.96. The standard InChI is InChI=1S/C21H23N3O2/c1-16(14-24-13-12-22-15-24)23-21(25)17(2)26-20-10-8-19(9-11-20)18-6-4-3-5-7-18/h3-13,15-17H,14H2,1-2H3,(H,23,25)/t16-,17-/m1/s1. The second-order valence-corrected chi connectivity index (χ2v) is 6.32. The van der Waals surface area contributed by atoms with E-state index in [1.54, 1.807) is 19.4 Å². The number of rotatable bonds is 7. The van der Waals surface area contributed by atoms with E-state index in [9.17, 15) is 4.79 Å². The van der Waals surface area contributed by atoms with Crippen LogP contribution in [0.5, 0.6) is 5.75 Å². The first-order chi connectivity index (χ1) is 12.6. The molecular formula is C21H23N3O2. The van der Waals surface area contributed by atoms with Crippen LogP contribution in [0.2, 0.25) is 0 Å². The predicted octanol–water partition coefficient (Wildman–Crippen LogP) is 3.52. The molecule has 2 atom stereocenters. The summed E-state index contributed by atoms with van der Waals surface area (Å²) in [6, 6.07) is 17.9. The van der Waals surface area contributed by atoms with Crippen molar-refractivity contribution in [1.29, 1.82) is 0 Å². The summed E-state index contributed by atoms with van der Waals surface area (Å²) in [5.41, 5.74) is 2.27. The fourth-order valence-electron chi connectivity index (χ4n) is 2.73. The molecule has 0 aliphatic rings. The van der Waals surface area contributed by atoms with Crippen molar-refractivity contribution in [1.82, 2.24) is 14.9 Å². The molecule has 0 saturated heterocycles. The largest absolute Gasteiger partial charge is 0.481 e. The van der Waals surface area contributed by atoms with Gasteiger partial charge < -0.3 is 14.6 Å². The smallest absolute Gasteiger partial charge is 0.261 e. The highest BCUT2D eigenvalue weighted by atomic mass is 16.5. The number of hydrogen-bond donors (Lipinski definition) is 1. The van der Waals surface area contributed by atoms with Gasteiger partial charge in [0.2, 0.25) is 0 Å². The lowest BCUT2D eigenvalue weighted by Crippen LogP contribution is -2.42. The Morgan fingerprint density at radius 2 is 1.77 bits per heavy atom. The minimum absolute atomic E-state index is 0.0109. The van der Waals surface area contributed by atoms with E-state index in [1.807, 2.05) is 60.2 Å². The minimum Gasteiger partial charge on any atom is -0.481 e. The van der Waals surface area contributed by atoms with Gasteiger partial charge in [0.25, 0.3) is 5.91 Å². The van der Waals surface area contributed by atoms with E-state index >= 15 is 0 Å². The molecule has 1 heterocycles. The van der Waals surface area contributed by atoms with E-state index < -0.39 is 6.10 Å². The normalized spacial score (nSPS) is 13.0. The Hall–Kier alpha value is -3.08. The Morgan fingerprint density at radius 1 is 1.08 bits per heavy atom. The maximum Gasteiger partial charge on any atom is 0.261 e. The number of aromatic nitrogens is 2. The highest BCUT2D eigenvalue weighted by Gasteiger charge is 2.17. The van der Waals surface area contributed by atoms with Gasteiger partial charge in [0.05, 0.1) is 6.33 Å². The Labute approximate surface area is 153 Å². The van der Waals surface area contributed by atoms with Crippen LogP contribution in [0, 0.1) is 0 Å². The molecule has 26 heavy (non-hydrogen) atoms. The molecule has 0 radical (unpaired) electrons. The van der Waals surface area contributed by atoms with Crippen LogP contribution in [-0.4, -0.2) is 27.6 Å². The minimum atomic E-state index is -0.567. The van der Waals surface area contributed by atoms with Crippen molar-refractivity contribution in [2.75, 3.05) is 0 Å². The molecule has 0 bridgehead atoms. The summed E-state index contributed by atoms with van der Waals surface area (Å²) in [6.45, 7) is 4.38. The summed E-state index contributed by atoms with van der Waals surface area (Å²) in [6.07, 6.45) is 4.76. The van der Waals surface area contributed by atoms with E-state index in [1.165, 1.54) is 0 Å². The van der Waals surface area contributed by atoms with Gasteiger partial charge in [-0.1, -0.05) is 42.5 Å². The first-order valence-electron chi connectivity index (χ1n) is 8.70. The van der Waals surface area contributed by atoms with Crippen LogP contribution in [0.4, 0.5) is 0 Å². The summed E-state index contributed by atoms with van der Waals surface area (Å²) in [7, 11) is 0. The van der Waals surface area contributed by atoms with Crippen molar-refractivity contribution < 1.29 is 9.53 Å². The second-order valence-electron chi connectivity index (χ2n) is 6.32. The van der Waals surface area contributed by atoms with E-state index in [0.717, 1.165) is 11.1 Å². The van der Waals surface area contributed by atoms with E-state index in [4.69, 9.17) is 4.74 Å². The van der Waals surface area contributed by atoms with E-state index in [0.29, 0.717) is 12.3 Å². The third kappa shape index (κ3) is 4.72. The molecule has 1 aromatic heterocycles. The van der Waals surface area contributed by atoms with Gasteiger partial charge in [-0.2, -0.15) is 0 Å². The Balaban J connectivity index is 1.53. The number of imidazole rings is 1. The lowest BCUT2D eigenvalue weighted by molar-refractivity contribution is -0.127. The van der Waals surface area contributed by atoms with Crippen LogP contribution in [0.3, 0.4) is 0 Å². The SMILES string of the molecule is C[C@H](Cn1ccnc1)NC(=O)[C@@H](C)Oc1ccc(-c2ccccc2)cc1. The second kappa shape index (κ2) is 8.34. The average Bonchev–Trinajstić information content (AvgIpc) is 3.16. The maximum absolute atomic E-state index is 12.3. The van der Waals surface area contributed by atoms with Crippen LogP contribution < -0.4 is 10.1 Å². The average molecular weight is 349 g/mol. The highest BCUT2D eigenvalue weighted by molar-refractivity contribution is 5.81. The Kier molecular flexibility index (Phi) is 5.69. The quantitative estimate of drug-likeness (QED) is 0.710. The van der Waals surface area contributed by atoms with Crippen molar-refractivity contribution in [3.63, 3.8) is 0 Å². The van der Waals surface area contributed by atoms with Gasteiger partial charge in [0.15, 0.2) is 6.10 Å². The Bertz CT molecular complexity index is 814. The molecule has 5 nitrogen and oxygen atoms in total. The molecule has 1 amide bonds. The fraction of sp³-hybridized carbons (Fsp3) is 0.238. The number of ether oxygens (including phenoxy) is 1. The van der Waals surface area contributed by atoms with E-state index in [-0.39, 0.29) is 11.9 Å². The first-order valence-corrected chi connectivity index (χ1v) is 8.70. The van der Waals surface area contributed by atoms with Gasteiger partial charge in [-0.05, 0) is 37.1 Å². The molecule has 0 fully saturated rings. The van der Waals surface area contributed by atoms with Crippen molar-refractivity contribution in [2.45, 2.75) is 32.5 Å². The summed E-state index contributed by atoms with van der Waals surface area (Å²) >= 11 is 0. The molecule has 0 unspecified atom stereocenters. The van der Waals surface area contributed by atoms with Crippen LogP contribution in [0.1, 0.15) is 13.8 Å². The monoisotopic (exact) mass is 349 g/mol.